The van der Waals surface area contributed by atoms with E-state index in [1.54, 1.807) is 12.1 Å². The molecule has 1 fully saturated rings. The Balaban J connectivity index is 1.97. The number of aliphatic hydroxyl groups is 1. The lowest BCUT2D eigenvalue weighted by molar-refractivity contribution is -0.133. The van der Waals surface area contributed by atoms with Crippen LogP contribution >= 0.6 is 0 Å². The van der Waals surface area contributed by atoms with Gasteiger partial charge in [0.15, 0.2) is 0 Å². The summed E-state index contributed by atoms with van der Waals surface area (Å²) in [7, 11) is 0. The summed E-state index contributed by atoms with van der Waals surface area (Å²) in [5, 5.41) is 10.1. The molecule has 1 saturated heterocycles. The van der Waals surface area contributed by atoms with Crippen LogP contribution in [0.4, 0.5) is 4.39 Å². The maximum Gasteiger partial charge on any atom is 0.225 e. The number of likely N-dealkylation sites (tertiary alicyclic amines) is 1. The molecular weight excluding hydrogens is 269 g/mol. The van der Waals surface area contributed by atoms with Crippen LogP contribution in [0.5, 0.6) is 0 Å². The molecular formula is C17H24FNO2. The van der Waals surface area contributed by atoms with Crippen LogP contribution in [0.25, 0.3) is 0 Å². The van der Waals surface area contributed by atoms with Gasteiger partial charge in [-0.15, -0.1) is 0 Å². The molecule has 2 rings (SSSR count). The van der Waals surface area contributed by atoms with E-state index in [0.29, 0.717) is 17.4 Å². The molecule has 3 atom stereocenters. The molecule has 1 amide bonds. The molecule has 21 heavy (non-hydrogen) atoms. The molecule has 0 bridgehead atoms. The van der Waals surface area contributed by atoms with E-state index < -0.39 is 11.9 Å². The third kappa shape index (κ3) is 4.53. The van der Waals surface area contributed by atoms with Crippen LogP contribution in [-0.2, 0) is 4.79 Å². The Morgan fingerprint density at radius 2 is 2.19 bits per heavy atom. The van der Waals surface area contributed by atoms with Crippen molar-refractivity contribution in [3.63, 3.8) is 0 Å². The number of carbonyl (C=O) groups is 1. The first-order valence-electron chi connectivity index (χ1n) is 7.67. The van der Waals surface area contributed by atoms with Gasteiger partial charge in [0, 0.05) is 13.1 Å². The Morgan fingerprint density at radius 1 is 1.43 bits per heavy atom. The second-order valence-electron chi connectivity index (χ2n) is 6.35. The van der Waals surface area contributed by atoms with E-state index >= 15 is 0 Å². The monoisotopic (exact) mass is 293 g/mol. The summed E-state index contributed by atoms with van der Waals surface area (Å²) in [4.78, 5) is 14.2. The number of rotatable bonds is 3. The SMILES string of the molecule is CC1CCN(C(=O)CC(O)c2cccc(F)c2)CC(C)C1. The highest BCUT2D eigenvalue weighted by atomic mass is 19.1. The summed E-state index contributed by atoms with van der Waals surface area (Å²) in [6.45, 7) is 5.87. The largest absolute Gasteiger partial charge is 0.388 e. The Morgan fingerprint density at radius 3 is 2.90 bits per heavy atom. The molecule has 116 valence electrons. The number of hydrogen-bond donors (Lipinski definition) is 1. The molecule has 0 saturated carbocycles. The van der Waals surface area contributed by atoms with Crippen molar-refractivity contribution in [2.24, 2.45) is 11.8 Å². The maximum atomic E-state index is 13.2. The topological polar surface area (TPSA) is 40.5 Å². The number of hydrogen-bond acceptors (Lipinski definition) is 2. The van der Waals surface area contributed by atoms with Crippen LogP contribution in [0, 0.1) is 17.7 Å². The summed E-state index contributed by atoms with van der Waals surface area (Å²) in [5.74, 6) is 0.674. The first-order valence-corrected chi connectivity index (χ1v) is 7.67. The van der Waals surface area contributed by atoms with Crippen molar-refractivity contribution in [1.82, 2.24) is 4.90 Å². The van der Waals surface area contributed by atoms with Gasteiger partial charge < -0.3 is 10.0 Å². The highest BCUT2D eigenvalue weighted by Gasteiger charge is 2.24. The third-order valence-corrected chi connectivity index (χ3v) is 4.18. The zero-order valence-corrected chi connectivity index (χ0v) is 12.8. The summed E-state index contributed by atoms with van der Waals surface area (Å²) < 4.78 is 13.2. The van der Waals surface area contributed by atoms with E-state index in [0.717, 1.165) is 25.9 Å². The molecule has 3 nitrogen and oxygen atoms in total. The average molecular weight is 293 g/mol. The molecule has 0 aromatic heterocycles. The van der Waals surface area contributed by atoms with Gasteiger partial charge in [-0.05, 0) is 42.4 Å². The number of nitrogens with zero attached hydrogens (tertiary/aromatic N) is 1. The van der Waals surface area contributed by atoms with Gasteiger partial charge in [-0.2, -0.15) is 0 Å². The lowest BCUT2D eigenvalue weighted by Gasteiger charge is -2.24. The first-order chi connectivity index (χ1) is 9.95. The van der Waals surface area contributed by atoms with Crippen molar-refractivity contribution in [3.05, 3.63) is 35.6 Å². The van der Waals surface area contributed by atoms with E-state index in [2.05, 4.69) is 13.8 Å². The van der Waals surface area contributed by atoms with Gasteiger partial charge in [-0.3, -0.25) is 4.79 Å². The van der Waals surface area contributed by atoms with Gasteiger partial charge in [0.2, 0.25) is 5.91 Å². The number of halogens is 1. The van der Waals surface area contributed by atoms with E-state index in [9.17, 15) is 14.3 Å². The Kier molecular flexibility index (Phi) is 5.34. The number of carbonyl (C=O) groups excluding carboxylic acids is 1. The van der Waals surface area contributed by atoms with Crippen LogP contribution in [-0.4, -0.2) is 29.0 Å². The number of amides is 1. The fourth-order valence-corrected chi connectivity index (χ4v) is 3.08. The van der Waals surface area contributed by atoms with E-state index in [-0.39, 0.29) is 12.3 Å². The third-order valence-electron chi connectivity index (χ3n) is 4.18. The molecule has 1 aromatic carbocycles. The normalized spacial score (nSPS) is 24.5. The van der Waals surface area contributed by atoms with Crippen LogP contribution in [0.2, 0.25) is 0 Å². The van der Waals surface area contributed by atoms with Gasteiger partial charge in [0.1, 0.15) is 5.82 Å². The summed E-state index contributed by atoms with van der Waals surface area (Å²) in [6.07, 6.45) is 1.22. The second-order valence-corrected chi connectivity index (χ2v) is 6.35. The lowest BCUT2D eigenvalue weighted by atomic mass is 9.97. The van der Waals surface area contributed by atoms with Gasteiger partial charge in [0.25, 0.3) is 0 Å². The molecule has 1 heterocycles. The number of benzene rings is 1. The maximum absolute atomic E-state index is 13.2. The van der Waals surface area contributed by atoms with E-state index in [1.165, 1.54) is 12.1 Å². The van der Waals surface area contributed by atoms with Crippen molar-refractivity contribution in [2.75, 3.05) is 13.1 Å². The number of aliphatic hydroxyl groups excluding tert-OH is 1. The highest BCUT2D eigenvalue weighted by Crippen LogP contribution is 2.24. The zero-order chi connectivity index (χ0) is 15.4. The minimum absolute atomic E-state index is 0.0184. The summed E-state index contributed by atoms with van der Waals surface area (Å²) in [6, 6.07) is 5.81. The quantitative estimate of drug-likeness (QED) is 0.930. The van der Waals surface area contributed by atoms with E-state index in [1.807, 2.05) is 4.90 Å². The smallest absolute Gasteiger partial charge is 0.225 e. The molecule has 4 heteroatoms. The van der Waals surface area contributed by atoms with Crippen LogP contribution < -0.4 is 0 Å². The Labute approximate surface area is 125 Å². The van der Waals surface area contributed by atoms with Crippen LogP contribution in [0.1, 0.15) is 44.8 Å². The van der Waals surface area contributed by atoms with Crippen molar-refractivity contribution in [3.8, 4) is 0 Å². The molecule has 1 aromatic rings. The lowest BCUT2D eigenvalue weighted by Crippen LogP contribution is -2.34. The molecule has 1 N–H and O–H groups in total. The van der Waals surface area contributed by atoms with Crippen molar-refractivity contribution >= 4 is 5.91 Å². The average Bonchev–Trinajstić information content (AvgIpc) is 2.59. The van der Waals surface area contributed by atoms with Crippen molar-refractivity contribution < 1.29 is 14.3 Å². The molecule has 0 spiro atoms. The molecule has 3 unspecified atom stereocenters. The van der Waals surface area contributed by atoms with Gasteiger partial charge in [-0.25, -0.2) is 4.39 Å². The van der Waals surface area contributed by atoms with Gasteiger partial charge >= 0.3 is 0 Å². The van der Waals surface area contributed by atoms with Crippen LogP contribution in [0.15, 0.2) is 24.3 Å². The highest BCUT2D eigenvalue weighted by molar-refractivity contribution is 5.77. The van der Waals surface area contributed by atoms with Crippen LogP contribution in [0.3, 0.4) is 0 Å². The van der Waals surface area contributed by atoms with Crippen molar-refractivity contribution in [1.29, 1.82) is 0 Å². The predicted molar refractivity (Wildman–Crippen MR) is 80.1 cm³/mol. The molecule has 0 radical (unpaired) electrons. The summed E-state index contributed by atoms with van der Waals surface area (Å²) >= 11 is 0. The van der Waals surface area contributed by atoms with E-state index in [4.69, 9.17) is 0 Å². The second kappa shape index (κ2) is 7.03. The first kappa shape index (κ1) is 16.0. The Bertz CT molecular complexity index is 491. The van der Waals surface area contributed by atoms with Gasteiger partial charge in [0.05, 0.1) is 12.5 Å². The standard InChI is InChI=1S/C17H24FNO2/c1-12-6-7-19(11-13(2)8-12)17(21)10-16(20)14-4-3-5-15(18)9-14/h3-5,9,12-13,16,20H,6-8,10-11H2,1-2H3. The molecule has 1 aliphatic heterocycles. The minimum atomic E-state index is -0.941. The summed E-state index contributed by atoms with van der Waals surface area (Å²) in [5.41, 5.74) is 0.458. The van der Waals surface area contributed by atoms with Crippen molar-refractivity contribution in [2.45, 2.75) is 39.2 Å². The fraction of sp³-hybridized carbons (Fsp3) is 0.588. The van der Waals surface area contributed by atoms with Gasteiger partial charge in [-0.1, -0.05) is 26.0 Å². The minimum Gasteiger partial charge on any atom is -0.388 e. The Hall–Kier alpha value is -1.42. The molecule has 0 aliphatic carbocycles. The predicted octanol–water partition coefficient (Wildman–Crippen LogP) is 3.14. The fourth-order valence-electron chi connectivity index (χ4n) is 3.08. The molecule has 1 aliphatic rings. The zero-order valence-electron chi connectivity index (χ0n) is 12.8.